The minimum absolute atomic E-state index is 0.000956. The van der Waals surface area contributed by atoms with Crippen LogP contribution in [0.3, 0.4) is 0 Å². The lowest BCUT2D eigenvalue weighted by atomic mass is 9.90. The third kappa shape index (κ3) is 11.6. The predicted octanol–water partition coefficient (Wildman–Crippen LogP) is 2.87. The van der Waals surface area contributed by atoms with Gasteiger partial charge in [0.2, 0.25) is 5.91 Å². The number of carboxylic acids is 2. The lowest BCUT2D eigenvalue weighted by Gasteiger charge is -2.36. The number of alkyl halides is 6. The summed E-state index contributed by atoms with van der Waals surface area (Å²) in [7, 11) is 0. The number of halogens is 6. The number of carbonyl (C=O) groups excluding carboxylic acids is 1. The summed E-state index contributed by atoms with van der Waals surface area (Å²) < 4.78 is 75.1. The number of aliphatic carboxylic acids is 2. The van der Waals surface area contributed by atoms with Crippen LogP contribution >= 0.6 is 0 Å². The number of amides is 1. The summed E-state index contributed by atoms with van der Waals surface area (Å²) in [6.07, 6.45) is -4.20. The predicted molar refractivity (Wildman–Crippen MR) is 125 cm³/mol. The number of pyridine rings is 1. The van der Waals surface area contributed by atoms with Gasteiger partial charge in [-0.15, -0.1) is 0 Å². The van der Waals surface area contributed by atoms with Crippen LogP contribution in [0.5, 0.6) is 0 Å². The Morgan fingerprint density at radius 1 is 1.00 bits per heavy atom. The van der Waals surface area contributed by atoms with E-state index in [2.05, 4.69) is 15.2 Å². The van der Waals surface area contributed by atoms with E-state index in [4.69, 9.17) is 29.3 Å². The van der Waals surface area contributed by atoms with Crippen LogP contribution in [0.2, 0.25) is 0 Å². The van der Waals surface area contributed by atoms with Crippen LogP contribution in [0.1, 0.15) is 31.4 Å². The van der Waals surface area contributed by atoms with Crippen molar-refractivity contribution >= 4 is 17.8 Å². The zero-order chi connectivity index (χ0) is 29.9. The second-order valence-corrected chi connectivity index (χ2v) is 9.41. The van der Waals surface area contributed by atoms with Gasteiger partial charge in [0.25, 0.3) is 0 Å². The molecule has 4 heterocycles. The summed E-state index contributed by atoms with van der Waals surface area (Å²) in [5.41, 5.74) is 0.874. The van der Waals surface area contributed by atoms with Crippen LogP contribution in [0.25, 0.3) is 0 Å². The van der Waals surface area contributed by atoms with Crippen LogP contribution in [0.4, 0.5) is 26.3 Å². The fraction of sp³-hybridized carbons (Fsp3) is 0.667. The number of hydrogen-bond acceptors (Lipinski definition) is 7. The second kappa shape index (κ2) is 15.1. The molecule has 4 rings (SSSR count). The summed E-state index contributed by atoms with van der Waals surface area (Å²) in [4.78, 5) is 37.0. The monoisotopic (exact) mass is 587 g/mol. The van der Waals surface area contributed by atoms with Gasteiger partial charge in [-0.2, -0.15) is 26.3 Å². The van der Waals surface area contributed by atoms with Gasteiger partial charge in [0.1, 0.15) is 6.10 Å². The van der Waals surface area contributed by atoms with Gasteiger partial charge >= 0.3 is 24.3 Å². The number of carboxylic acid groups (broad SMARTS) is 2. The Hall–Kier alpha value is -2.98. The highest BCUT2D eigenvalue weighted by molar-refractivity contribution is 5.81. The largest absolute Gasteiger partial charge is 0.490 e. The Labute approximate surface area is 225 Å². The summed E-state index contributed by atoms with van der Waals surface area (Å²) >= 11 is 0. The number of aromatic nitrogens is 1. The lowest BCUT2D eigenvalue weighted by molar-refractivity contribution is -0.193. The van der Waals surface area contributed by atoms with Crippen molar-refractivity contribution in [3.05, 3.63) is 30.1 Å². The van der Waals surface area contributed by atoms with Gasteiger partial charge in [-0.25, -0.2) is 9.59 Å². The van der Waals surface area contributed by atoms with Gasteiger partial charge in [-0.1, -0.05) is 6.07 Å². The van der Waals surface area contributed by atoms with Gasteiger partial charge in [0.15, 0.2) is 0 Å². The molecule has 3 aliphatic heterocycles. The van der Waals surface area contributed by atoms with Crippen molar-refractivity contribution < 1.29 is 60.4 Å². The molecule has 3 saturated heterocycles. The van der Waals surface area contributed by atoms with E-state index >= 15 is 0 Å². The van der Waals surface area contributed by atoms with Crippen LogP contribution in [-0.4, -0.2) is 95.4 Å². The van der Waals surface area contributed by atoms with E-state index in [1.807, 2.05) is 18.2 Å². The average Bonchev–Trinajstić information content (AvgIpc) is 3.32. The zero-order valence-corrected chi connectivity index (χ0v) is 21.3. The topological polar surface area (TPSA) is 138 Å². The van der Waals surface area contributed by atoms with Crippen molar-refractivity contribution in [2.24, 2.45) is 11.8 Å². The molecule has 0 aromatic carbocycles. The number of likely N-dealkylation sites (tertiary alicyclic amines) is 1. The summed E-state index contributed by atoms with van der Waals surface area (Å²) in [6.45, 7) is 5.51. The number of nitrogens with zero attached hydrogens (tertiary/aromatic N) is 2. The van der Waals surface area contributed by atoms with E-state index in [0.717, 1.165) is 57.3 Å². The molecule has 10 nitrogen and oxygen atoms in total. The molecule has 40 heavy (non-hydrogen) atoms. The normalized spacial score (nSPS) is 23.5. The maximum absolute atomic E-state index is 12.5. The van der Waals surface area contributed by atoms with Gasteiger partial charge < -0.3 is 29.9 Å². The first kappa shape index (κ1) is 33.2. The second-order valence-electron chi connectivity index (χ2n) is 9.41. The molecule has 1 aromatic heterocycles. The molecule has 0 spiro atoms. The smallest absolute Gasteiger partial charge is 0.475 e. The van der Waals surface area contributed by atoms with Crippen molar-refractivity contribution in [1.29, 1.82) is 0 Å². The van der Waals surface area contributed by atoms with Gasteiger partial charge in [0, 0.05) is 32.5 Å². The average molecular weight is 588 g/mol. The van der Waals surface area contributed by atoms with Crippen molar-refractivity contribution in [1.82, 2.24) is 15.2 Å². The van der Waals surface area contributed by atoms with E-state index in [1.165, 1.54) is 12.8 Å². The van der Waals surface area contributed by atoms with Crippen molar-refractivity contribution in [3.63, 3.8) is 0 Å². The highest BCUT2D eigenvalue weighted by Gasteiger charge is 2.42. The Morgan fingerprint density at radius 3 is 2.12 bits per heavy atom. The Kier molecular flexibility index (Phi) is 12.6. The van der Waals surface area contributed by atoms with Crippen molar-refractivity contribution in [2.75, 3.05) is 32.8 Å². The number of nitrogens with one attached hydrogen (secondary N) is 1. The van der Waals surface area contributed by atoms with Crippen LogP contribution < -0.4 is 5.32 Å². The fourth-order valence-corrected chi connectivity index (χ4v) is 4.42. The summed E-state index contributed by atoms with van der Waals surface area (Å²) in [5, 5.41) is 17.2. The molecule has 3 N–H and O–H groups in total. The fourth-order valence-electron chi connectivity index (χ4n) is 4.42. The Morgan fingerprint density at radius 2 is 1.60 bits per heavy atom. The molecule has 1 aromatic rings. The highest BCUT2D eigenvalue weighted by Crippen LogP contribution is 2.34. The van der Waals surface area contributed by atoms with Gasteiger partial charge in [-0.05, 0) is 56.2 Å². The first-order chi connectivity index (χ1) is 18.7. The van der Waals surface area contributed by atoms with Crippen LogP contribution in [0, 0.1) is 11.8 Å². The summed E-state index contributed by atoms with van der Waals surface area (Å²) in [5.74, 6) is -4.24. The molecule has 0 unspecified atom stereocenters. The van der Waals surface area contributed by atoms with Gasteiger partial charge in [-0.3, -0.25) is 9.78 Å². The molecule has 0 radical (unpaired) electrons. The van der Waals surface area contributed by atoms with E-state index in [0.29, 0.717) is 12.5 Å². The molecule has 1 amide bonds. The number of carbonyl (C=O) groups is 3. The molecule has 16 heteroatoms. The third-order valence-corrected chi connectivity index (χ3v) is 6.44. The number of ether oxygens (including phenoxy) is 2. The molecular formula is C24H31F6N3O7. The standard InChI is InChI=1S/C20H29N3O3.2C2HF3O2/c24-20(22-12-17-3-1-2-7-21-17)18-11-16-4-8-23(14-19(16)26-18)13-15-5-9-25-10-6-15;2*3-2(4,5)1(6)7/h1-3,7,15-16,18-19H,4-6,8-14H2,(H,22,24);2*(H,6,7)/t16-,18+,19-;;/m0../s1. The molecule has 0 aliphatic carbocycles. The van der Waals surface area contributed by atoms with E-state index in [9.17, 15) is 31.1 Å². The third-order valence-electron chi connectivity index (χ3n) is 6.44. The molecule has 0 bridgehead atoms. The first-order valence-corrected chi connectivity index (χ1v) is 12.4. The lowest BCUT2D eigenvalue weighted by Crippen LogP contribution is -2.45. The Balaban J connectivity index is 0.000000333. The van der Waals surface area contributed by atoms with Crippen molar-refractivity contribution in [3.8, 4) is 0 Å². The molecular weight excluding hydrogens is 556 g/mol. The minimum atomic E-state index is -5.08. The van der Waals surface area contributed by atoms with E-state index < -0.39 is 24.3 Å². The highest BCUT2D eigenvalue weighted by atomic mass is 19.4. The number of fused-ring (bicyclic) bond motifs is 1. The maximum atomic E-state index is 12.5. The van der Waals surface area contributed by atoms with Gasteiger partial charge in [0.05, 0.1) is 18.3 Å². The SMILES string of the molecule is O=C(NCc1ccccn1)[C@H]1C[C@@H]2CCN(CC3CCOCC3)C[C@@H]2O1.O=C(O)C(F)(F)F.O=C(O)C(F)(F)F. The number of rotatable bonds is 5. The number of hydrogen-bond donors (Lipinski definition) is 3. The molecule has 3 fully saturated rings. The first-order valence-electron chi connectivity index (χ1n) is 12.4. The zero-order valence-electron chi connectivity index (χ0n) is 21.3. The van der Waals surface area contributed by atoms with Crippen LogP contribution in [-0.2, 0) is 30.4 Å². The van der Waals surface area contributed by atoms with E-state index in [-0.39, 0.29) is 18.1 Å². The molecule has 0 saturated carbocycles. The Bertz CT molecular complexity index is 935. The quantitative estimate of drug-likeness (QED) is 0.444. The maximum Gasteiger partial charge on any atom is 0.490 e. The molecule has 226 valence electrons. The van der Waals surface area contributed by atoms with Crippen LogP contribution in [0.15, 0.2) is 24.4 Å². The minimum Gasteiger partial charge on any atom is -0.475 e. The molecule has 3 atom stereocenters. The number of piperidine rings is 1. The van der Waals surface area contributed by atoms with E-state index in [1.54, 1.807) is 6.20 Å². The summed E-state index contributed by atoms with van der Waals surface area (Å²) in [6, 6.07) is 5.73. The van der Waals surface area contributed by atoms with Crippen molar-refractivity contribution in [2.45, 2.75) is 56.8 Å². The molecule has 3 aliphatic rings.